The van der Waals surface area contributed by atoms with Crippen LogP contribution in [0.1, 0.15) is 13.8 Å². The van der Waals surface area contributed by atoms with Crippen LogP contribution in [0.5, 0.6) is 0 Å². The van der Waals surface area contributed by atoms with Crippen LogP contribution in [0.15, 0.2) is 0 Å². The average Bonchev–Trinajstić information content (AvgIpc) is 2.01. The average molecular weight is 196 g/mol. The second-order valence-corrected chi connectivity index (χ2v) is 3.15. The zero-order valence-electron chi connectivity index (χ0n) is 7.38. The zero-order chi connectivity index (χ0) is 10.8. The Kier molecular flexibility index (Phi) is 3.80. The van der Waals surface area contributed by atoms with Gasteiger partial charge in [-0.3, -0.25) is 0 Å². The molecule has 0 heterocycles. The summed E-state index contributed by atoms with van der Waals surface area (Å²) in [5, 5.41) is 44.7. The first-order chi connectivity index (χ1) is 5.71. The van der Waals surface area contributed by atoms with Crippen molar-refractivity contribution >= 4 is 5.97 Å². The maximum Gasteiger partial charge on any atom is 0.335 e. The molecule has 6 heteroatoms. The number of aliphatic hydroxyl groups is 4. The molecule has 4 atom stereocenters. The van der Waals surface area contributed by atoms with Crippen molar-refractivity contribution in [1.82, 2.24) is 0 Å². The molecular formula is C7H14O6. The van der Waals surface area contributed by atoms with Crippen molar-refractivity contribution in [3.63, 3.8) is 0 Å². The quantitative estimate of drug-likeness (QED) is 0.352. The Morgan fingerprint density at radius 3 is 1.92 bits per heavy atom. The SMILES string of the molecule is C[C@@H](O)[C@@H](O)[C@](C)(O)[C@H](O)[14C](=O)O. The van der Waals surface area contributed by atoms with E-state index in [4.69, 9.17) is 20.4 Å². The summed E-state index contributed by atoms with van der Waals surface area (Å²) in [4.78, 5) is 10.3. The van der Waals surface area contributed by atoms with Crippen LogP contribution in [-0.4, -0.2) is 55.4 Å². The third kappa shape index (κ3) is 2.63. The lowest BCUT2D eigenvalue weighted by atomic mass is 9.94. The van der Waals surface area contributed by atoms with Gasteiger partial charge in [0, 0.05) is 0 Å². The molecule has 13 heavy (non-hydrogen) atoms. The smallest absolute Gasteiger partial charge is 0.335 e. The third-order valence-corrected chi connectivity index (χ3v) is 1.84. The van der Waals surface area contributed by atoms with Crippen molar-refractivity contribution in [2.24, 2.45) is 0 Å². The van der Waals surface area contributed by atoms with Gasteiger partial charge in [-0.15, -0.1) is 0 Å². The summed E-state index contributed by atoms with van der Waals surface area (Å²) >= 11 is 0. The van der Waals surface area contributed by atoms with Crippen LogP contribution < -0.4 is 0 Å². The second kappa shape index (κ2) is 4.01. The lowest BCUT2D eigenvalue weighted by molar-refractivity contribution is -0.186. The van der Waals surface area contributed by atoms with E-state index in [2.05, 4.69) is 0 Å². The Hall–Kier alpha value is -0.690. The fraction of sp³-hybridized carbons (Fsp3) is 0.857. The van der Waals surface area contributed by atoms with Crippen LogP contribution in [0.3, 0.4) is 0 Å². The molecule has 0 aromatic carbocycles. The van der Waals surface area contributed by atoms with Crippen LogP contribution in [0.2, 0.25) is 0 Å². The molecule has 0 aliphatic carbocycles. The maximum atomic E-state index is 10.3. The highest BCUT2D eigenvalue weighted by molar-refractivity contribution is 5.73. The summed E-state index contributed by atoms with van der Waals surface area (Å²) in [6.07, 6.45) is -5.19. The topological polar surface area (TPSA) is 118 Å². The minimum atomic E-state index is -2.28. The molecule has 0 saturated heterocycles. The summed E-state index contributed by atoms with van der Waals surface area (Å²) in [5.41, 5.74) is -2.28. The van der Waals surface area contributed by atoms with E-state index in [-0.39, 0.29) is 0 Å². The molecule has 0 aromatic heterocycles. The Morgan fingerprint density at radius 2 is 1.69 bits per heavy atom. The number of hydrogen-bond acceptors (Lipinski definition) is 5. The first-order valence-electron chi connectivity index (χ1n) is 3.70. The molecule has 0 fully saturated rings. The monoisotopic (exact) mass is 196 g/mol. The Morgan fingerprint density at radius 1 is 1.31 bits per heavy atom. The molecule has 0 aromatic rings. The summed E-state index contributed by atoms with van der Waals surface area (Å²) < 4.78 is 0. The molecule has 6 nitrogen and oxygen atoms in total. The van der Waals surface area contributed by atoms with Gasteiger partial charge < -0.3 is 25.5 Å². The molecule has 0 unspecified atom stereocenters. The number of carboxylic acids is 1. The summed E-state index contributed by atoms with van der Waals surface area (Å²) in [5.74, 6) is -1.66. The van der Waals surface area contributed by atoms with E-state index in [1.807, 2.05) is 0 Å². The zero-order valence-corrected chi connectivity index (χ0v) is 7.38. The number of rotatable bonds is 4. The molecule has 0 aliphatic rings. The molecule has 0 rings (SSSR count). The van der Waals surface area contributed by atoms with Gasteiger partial charge in [0.25, 0.3) is 0 Å². The summed E-state index contributed by atoms with van der Waals surface area (Å²) in [6.45, 7) is 2.11. The Bertz CT molecular complexity index is 187. The standard InChI is InChI=1S/C7H14O6/c1-3(8)4(9)7(2,13)5(10)6(11)12/h3-5,8-10,13H,1-2H3,(H,11,12)/t3-,4-,5-,7+/m1/s1/i6+2. The molecule has 0 saturated carbocycles. The summed E-state index contributed by atoms with van der Waals surface area (Å²) in [7, 11) is 0. The van der Waals surface area contributed by atoms with Gasteiger partial charge in [0.05, 0.1) is 6.10 Å². The normalized spacial score (nSPS) is 22.9. The predicted octanol–water partition coefficient (Wildman–Crippen LogP) is -2.08. The van der Waals surface area contributed by atoms with Gasteiger partial charge in [-0.25, -0.2) is 4.79 Å². The molecule has 5 N–H and O–H groups in total. The van der Waals surface area contributed by atoms with Crippen LogP contribution in [0.25, 0.3) is 0 Å². The number of aliphatic hydroxyl groups excluding tert-OH is 3. The Balaban J connectivity index is 4.64. The highest BCUT2D eigenvalue weighted by atomic mass is 16.7. The van der Waals surface area contributed by atoms with Crippen molar-refractivity contribution in [2.45, 2.75) is 37.8 Å². The number of carboxylic acid groups (broad SMARTS) is 1. The van der Waals surface area contributed by atoms with Crippen molar-refractivity contribution in [3.05, 3.63) is 0 Å². The van der Waals surface area contributed by atoms with E-state index in [0.717, 1.165) is 6.92 Å². The maximum absolute atomic E-state index is 10.3. The third-order valence-electron chi connectivity index (χ3n) is 1.84. The van der Waals surface area contributed by atoms with Crippen molar-refractivity contribution in [3.8, 4) is 0 Å². The van der Waals surface area contributed by atoms with Gasteiger partial charge in [0.15, 0.2) is 6.10 Å². The van der Waals surface area contributed by atoms with E-state index in [9.17, 15) is 9.90 Å². The number of carbonyl (C=O) groups is 1. The molecular weight excluding hydrogens is 182 g/mol. The van der Waals surface area contributed by atoms with Gasteiger partial charge >= 0.3 is 5.97 Å². The van der Waals surface area contributed by atoms with E-state index in [1.165, 1.54) is 6.92 Å². The van der Waals surface area contributed by atoms with Gasteiger partial charge in [0.1, 0.15) is 11.7 Å². The Labute approximate surface area is 75.1 Å². The van der Waals surface area contributed by atoms with Crippen molar-refractivity contribution in [1.29, 1.82) is 0 Å². The molecule has 78 valence electrons. The number of hydrogen-bond donors (Lipinski definition) is 5. The minimum absolute atomic E-state index is 0.934. The van der Waals surface area contributed by atoms with Crippen molar-refractivity contribution < 1.29 is 30.3 Å². The highest BCUT2D eigenvalue weighted by Gasteiger charge is 2.44. The van der Waals surface area contributed by atoms with Crippen molar-refractivity contribution in [2.75, 3.05) is 0 Å². The summed E-state index contributed by atoms with van der Waals surface area (Å²) in [6, 6.07) is 0. The van der Waals surface area contributed by atoms with Crippen LogP contribution in [0, 0.1) is 0 Å². The molecule has 0 radical (unpaired) electrons. The molecule has 0 amide bonds. The first kappa shape index (κ1) is 12.3. The van der Waals surface area contributed by atoms with E-state index in [0.29, 0.717) is 0 Å². The van der Waals surface area contributed by atoms with Gasteiger partial charge in [0.2, 0.25) is 0 Å². The minimum Gasteiger partial charge on any atom is -0.479 e. The van der Waals surface area contributed by atoms with Gasteiger partial charge in [-0.2, -0.15) is 0 Å². The van der Waals surface area contributed by atoms with Gasteiger partial charge in [-0.05, 0) is 13.8 Å². The molecule has 0 bridgehead atoms. The van der Waals surface area contributed by atoms with E-state index < -0.39 is 29.9 Å². The number of aliphatic carboxylic acids is 1. The lowest BCUT2D eigenvalue weighted by Gasteiger charge is -2.32. The predicted molar refractivity (Wildman–Crippen MR) is 42.0 cm³/mol. The van der Waals surface area contributed by atoms with Gasteiger partial charge in [-0.1, -0.05) is 0 Å². The molecule has 0 spiro atoms. The lowest BCUT2D eigenvalue weighted by Crippen LogP contribution is -2.56. The van der Waals surface area contributed by atoms with Crippen LogP contribution >= 0.6 is 0 Å². The molecule has 0 aliphatic heterocycles. The van der Waals surface area contributed by atoms with E-state index >= 15 is 0 Å². The fourth-order valence-electron chi connectivity index (χ4n) is 0.900. The fourth-order valence-corrected chi connectivity index (χ4v) is 0.900. The highest BCUT2D eigenvalue weighted by Crippen LogP contribution is 2.18. The largest absolute Gasteiger partial charge is 0.479 e. The van der Waals surface area contributed by atoms with Crippen LogP contribution in [-0.2, 0) is 4.79 Å². The van der Waals surface area contributed by atoms with E-state index in [1.54, 1.807) is 0 Å². The second-order valence-electron chi connectivity index (χ2n) is 3.15. The first-order valence-corrected chi connectivity index (χ1v) is 3.70. The van der Waals surface area contributed by atoms with Crippen LogP contribution in [0.4, 0.5) is 0 Å².